The van der Waals surface area contributed by atoms with Crippen molar-refractivity contribution in [2.45, 2.75) is 0 Å². The third kappa shape index (κ3) is 0.593. The normalized spacial score (nSPS) is 22.6. The fourth-order valence-corrected chi connectivity index (χ4v) is 1.41. The molecule has 1 aliphatic heterocycles. The summed E-state index contributed by atoms with van der Waals surface area (Å²) in [7, 11) is 0. The van der Waals surface area contributed by atoms with Crippen LogP contribution < -0.4 is 5.17 Å². The van der Waals surface area contributed by atoms with Crippen molar-refractivity contribution >= 4 is 22.7 Å². The Morgan fingerprint density at radius 2 is 2.44 bits per heavy atom. The van der Waals surface area contributed by atoms with Crippen molar-refractivity contribution in [3.63, 3.8) is 0 Å². The average Bonchev–Trinajstić information content (AvgIpc) is 2.35. The van der Waals surface area contributed by atoms with Crippen molar-refractivity contribution in [1.82, 2.24) is 0 Å². The van der Waals surface area contributed by atoms with Crippen molar-refractivity contribution in [2.75, 3.05) is 0 Å². The van der Waals surface area contributed by atoms with Crippen LogP contribution in [-0.4, -0.2) is 0 Å². The number of rotatable bonds is 0. The smallest absolute Gasteiger partial charge is 0.198 e. The number of hydrogen-bond acceptors (Lipinski definition) is 4. The van der Waals surface area contributed by atoms with Gasteiger partial charge in [0.25, 0.3) is 0 Å². The summed E-state index contributed by atoms with van der Waals surface area (Å²) in [5.41, 5.74) is 1.35. The third-order valence-corrected chi connectivity index (χ3v) is 1.85. The van der Waals surface area contributed by atoms with Crippen LogP contribution in [-0.2, 0) is 0 Å². The number of hydrogen-bond donors (Lipinski definition) is 1. The summed E-state index contributed by atoms with van der Waals surface area (Å²) < 4.78 is 0. The minimum Gasteiger partial charge on any atom is -0.600 e. The van der Waals surface area contributed by atoms with E-state index in [2.05, 4.69) is 10.3 Å². The zero-order chi connectivity index (χ0) is 6.27. The molecule has 0 aromatic carbocycles. The van der Waals surface area contributed by atoms with E-state index in [9.17, 15) is 5.21 Å². The Labute approximate surface area is 55.0 Å². The van der Waals surface area contributed by atoms with Crippen LogP contribution in [0.25, 0.3) is 0 Å². The molecule has 1 unspecified atom stereocenters. The molecule has 46 valence electrons. The number of fused-ring (bicyclic) bond motifs is 1. The molecule has 5 heteroatoms. The van der Waals surface area contributed by atoms with Crippen molar-refractivity contribution < 1.29 is 5.17 Å². The van der Waals surface area contributed by atoms with Gasteiger partial charge in [0.05, 0.1) is 5.38 Å². The second kappa shape index (κ2) is 1.60. The summed E-state index contributed by atoms with van der Waals surface area (Å²) in [5.74, 6) is 0. The first-order valence-electron chi connectivity index (χ1n) is 2.40. The van der Waals surface area contributed by atoms with Crippen LogP contribution in [0.1, 0.15) is 0 Å². The Bertz CT molecular complexity index is 256. The topological polar surface area (TPSA) is 52.2 Å². The Hall–Kier alpha value is -0.780. The first kappa shape index (κ1) is 5.04. The van der Waals surface area contributed by atoms with Gasteiger partial charge < -0.3 is 5.21 Å². The van der Waals surface area contributed by atoms with Crippen LogP contribution in [0.2, 0.25) is 0 Å². The molecule has 2 rings (SSSR count). The second-order valence-corrected chi connectivity index (χ2v) is 2.42. The second-order valence-electron chi connectivity index (χ2n) is 1.68. The fourth-order valence-electron chi connectivity index (χ4n) is 0.681. The van der Waals surface area contributed by atoms with Gasteiger partial charge in [0.2, 0.25) is 0 Å². The van der Waals surface area contributed by atoms with Crippen LogP contribution in [0.3, 0.4) is 0 Å². The SMILES string of the molecule is [O-][NH+]1N=Nc2cscc21. The van der Waals surface area contributed by atoms with Gasteiger partial charge in [0.15, 0.2) is 11.4 Å². The minimum absolute atomic E-state index is 0.216. The summed E-state index contributed by atoms with van der Waals surface area (Å²) in [6, 6.07) is 0. The van der Waals surface area contributed by atoms with Gasteiger partial charge >= 0.3 is 0 Å². The number of thiophene rings is 1. The van der Waals surface area contributed by atoms with Gasteiger partial charge in [-0.15, -0.1) is 11.3 Å². The van der Waals surface area contributed by atoms with Crippen LogP contribution >= 0.6 is 11.3 Å². The van der Waals surface area contributed by atoms with Gasteiger partial charge in [-0.1, -0.05) is 5.11 Å². The van der Waals surface area contributed by atoms with E-state index >= 15 is 0 Å². The molecular formula is C4H3N3OS. The molecule has 1 N–H and O–H groups in total. The lowest BCUT2D eigenvalue weighted by atomic mass is 10.5. The molecule has 0 fully saturated rings. The molecular weight excluding hydrogens is 138 g/mol. The zero-order valence-electron chi connectivity index (χ0n) is 4.37. The maximum Gasteiger partial charge on any atom is 0.198 e. The first-order valence-corrected chi connectivity index (χ1v) is 3.34. The first-order chi connectivity index (χ1) is 4.38. The summed E-state index contributed by atoms with van der Waals surface area (Å²) in [4.78, 5) is 0. The predicted octanol–water partition coefficient (Wildman–Crippen LogP) is 0.775. The van der Waals surface area contributed by atoms with E-state index in [1.54, 1.807) is 5.38 Å². The lowest BCUT2D eigenvalue weighted by Crippen LogP contribution is -2.95. The molecule has 2 heterocycles. The summed E-state index contributed by atoms with van der Waals surface area (Å²) in [5, 5.41) is 21.0. The highest BCUT2D eigenvalue weighted by molar-refractivity contribution is 7.08. The quantitative estimate of drug-likeness (QED) is 0.533. The predicted molar refractivity (Wildman–Crippen MR) is 32.8 cm³/mol. The van der Waals surface area contributed by atoms with Crippen molar-refractivity contribution in [1.29, 1.82) is 0 Å². The largest absolute Gasteiger partial charge is 0.600 e. The van der Waals surface area contributed by atoms with Gasteiger partial charge in [0.1, 0.15) is 0 Å². The Morgan fingerprint density at radius 3 is 3.22 bits per heavy atom. The number of quaternary nitrogens is 1. The molecule has 0 saturated carbocycles. The molecule has 1 aromatic rings. The van der Waals surface area contributed by atoms with E-state index < -0.39 is 0 Å². The summed E-state index contributed by atoms with van der Waals surface area (Å²) in [6.45, 7) is 0. The highest BCUT2D eigenvalue weighted by atomic mass is 32.1. The minimum atomic E-state index is -0.216. The molecule has 9 heavy (non-hydrogen) atoms. The average molecular weight is 141 g/mol. The highest BCUT2D eigenvalue weighted by Gasteiger charge is 2.16. The standard InChI is InChI=1S/C4H3N3OS/c8-7-4-2-9-1-3(4)5-6-7/h1-2,7H. The van der Waals surface area contributed by atoms with Gasteiger partial charge in [0, 0.05) is 10.6 Å². The van der Waals surface area contributed by atoms with Gasteiger partial charge in [-0.2, -0.15) is 5.17 Å². The van der Waals surface area contributed by atoms with E-state index in [0.717, 1.165) is 0 Å². The van der Waals surface area contributed by atoms with Crippen molar-refractivity contribution in [3.05, 3.63) is 16.0 Å². The molecule has 1 aliphatic rings. The Balaban J connectivity index is 2.60. The number of nitrogens with zero attached hydrogens (tertiary/aromatic N) is 2. The molecule has 0 radical (unpaired) electrons. The van der Waals surface area contributed by atoms with Crippen LogP contribution in [0.4, 0.5) is 11.4 Å². The fraction of sp³-hybridized carbons (Fsp3) is 0. The van der Waals surface area contributed by atoms with E-state index in [0.29, 0.717) is 11.4 Å². The molecule has 0 aliphatic carbocycles. The molecule has 1 atom stereocenters. The molecule has 0 amide bonds. The summed E-state index contributed by atoms with van der Waals surface area (Å²) in [6.07, 6.45) is 0. The maximum atomic E-state index is 10.7. The lowest BCUT2D eigenvalue weighted by molar-refractivity contribution is -0.784. The van der Waals surface area contributed by atoms with E-state index in [-0.39, 0.29) is 5.17 Å². The Morgan fingerprint density at radius 1 is 1.56 bits per heavy atom. The number of nitrogens with one attached hydrogen (secondary N) is 1. The maximum absolute atomic E-state index is 10.7. The van der Waals surface area contributed by atoms with Gasteiger partial charge in [-0.25, -0.2) is 0 Å². The Kier molecular flexibility index (Phi) is 0.895. The molecule has 0 bridgehead atoms. The van der Waals surface area contributed by atoms with Gasteiger partial charge in [-0.05, 0) is 0 Å². The van der Waals surface area contributed by atoms with E-state index in [4.69, 9.17) is 0 Å². The molecule has 1 aromatic heterocycles. The highest BCUT2D eigenvalue weighted by Crippen LogP contribution is 2.28. The van der Waals surface area contributed by atoms with Gasteiger partial charge in [-0.3, -0.25) is 0 Å². The molecule has 4 nitrogen and oxygen atoms in total. The van der Waals surface area contributed by atoms with Crippen molar-refractivity contribution in [3.8, 4) is 0 Å². The van der Waals surface area contributed by atoms with Crippen LogP contribution in [0.15, 0.2) is 21.1 Å². The lowest BCUT2D eigenvalue weighted by Gasteiger charge is -2.03. The molecule has 0 spiro atoms. The van der Waals surface area contributed by atoms with E-state index in [1.165, 1.54) is 11.3 Å². The molecule has 0 saturated heterocycles. The zero-order valence-corrected chi connectivity index (χ0v) is 5.18. The van der Waals surface area contributed by atoms with Crippen molar-refractivity contribution in [2.24, 2.45) is 10.3 Å². The van der Waals surface area contributed by atoms with E-state index in [1.807, 2.05) is 5.38 Å². The third-order valence-electron chi connectivity index (χ3n) is 1.12. The summed E-state index contributed by atoms with van der Waals surface area (Å²) >= 11 is 1.47. The van der Waals surface area contributed by atoms with Crippen LogP contribution in [0.5, 0.6) is 0 Å². The van der Waals surface area contributed by atoms with Crippen LogP contribution in [0, 0.1) is 5.21 Å². The monoisotopic (exact) mass is 141 g/mol.